The van der Waals surface area contributed by atoms with Gasteiger partial charge in [-0.3, -0.25) is 29.2 Å². The third kappa shape index (κ3) is 3.30. The fraction of sp³-hybridized carbons (Fsp3) is 0.667. The van der Waals surface area contributed by atoms with Gasteiger partial charge in [0.1, 0.15) is 0 Å². The summed E-state index contributed by atoms with van der Waals surface area (Å²) in [6, 6.07) is -0.755. The van der Waals surface area contributed by atoms with Gasteiger partial charge in [-0.2, -0.15) is 0 Å². The molecule has 4 N–H and O–H groups in total. The monoisotopic (exact) mass is 276 g/mol. The smallest absolute Gasteiger partial charge is 0.320 e. The van der Waals surface area contributed by atoms with Crippen LogP contribution in [0.2, 0.25) is 0 Å². The molecular weight excluding hydrogens is 259 g/mol. The highest BCUT2D eigenvalue weighted by molar-refractivity contribution is 7.59. The average Bonchev–Trinajstić information content (AvgIpc) is 2.19. The number of carbonyl (C=O) groups excluding carboxylic acids is 3. The first kappa shape index (κ1) is 14.7. The predicted molar refractivity (Wildman–Crippen MR) is 64.2 cm³/mol. The Morgan fingerprint density at radius 1 is 1.33 bits per heavy atom. The van der Waals surface area contributed by atoms with E-state index in [4.69, 9.17) is 5.73 Å². The molecule has 0 spiro atoms. The number of piperidine rings is 1. The number of hydrogen-bond donors (Lipinski definition) is 3. The Bertz CT molecular complexity index is 405. The van der Waals surface area contributed by atoms with Crippen molar-refractivity contribution in [3.8, 4) is 0 Å². The second kappa shape index (κ2) is 5.49. The minimum atomic E-state index is -3.80. The van der Waals surface area contributed by atoms with E-state index in [0.29, 0.717) is 12.8 Å². The molecule has 1 fully saturated rings. The van der Waals surface area contributed by atoms with Gasteiger partial charge in [0, 0.05) is 20.4 Å². The summed E-state index contributed by atoms with van der Waals surface area (Å²) in [5.74, 6) is -1.73. The molecule has 18 heavy (non-hydrogen) atoms. The van der Waals surface area contributed by atoms with Crippen molar-refractivity contribution in [1.82, 2.24) is 14.8 Å². The molecule has 1 saturated heterocycles. The van der Waals surface area contributed by atoms with Gasteiger partial charge in [0.05, 0.1) is 6.04 Å². The van der Waals surface area contributed by atoms with Crippen molar-refractivity contribution in [2.24, 2.45) is 5.73 Å². The van der Waals surface area contributed by atoms with Crippen molar-refractivity contribution in [2.45, 2.75) is 32.7 Å². The number of rotatable bonds is 3. The largest absolute Gasteiger partial charge is 0.361 e. The lowest BCUT2D eigenvalue weighted by molar-refractivity contribution is -0.130. The topological polar surface area (TPSA) is 122 Å². The lowest BCUT2D eigenvalue weighted by Crippen LogP contribution is -2.51. The van der Waals surface area contributed by atoms with Crippen molar-refractivity contribution < 1.29 is 18.9 Å². The number of nitrogens with one attached hydrogen (secondary N) is 2. The van der Waals surface area contributed by atoms with Crippen molar-refractivity contribution in [1.29, 1.82) is 0 Å². The maximum Gasteiger partial charge on any atom is 0.361 e. The van der Waals surface area contributed by atoms with E-state index in [1.807, 2.05) is 0 Å². The maximum atomic E-state index is 12.5. The van der Waals surface area contributed by atoms with Crippen LogP contribution in [0.3, 0.4) is 0 Å². The minimum Gasteiger partial charge on any atom is -0.320 e. The van der Waals surface area contributed by atoms with Crippen molar-refractivity contribution >= 4 is 25.3 Å². The highest BCUT2D eigenvalue weighted by Gasteiger charge is 2.40. The quantitative estimate of drug-likeness (QED) is 0.589. The lowest BCUT2D eigenvalue weighted by atomic mass is 10.1. The normalized spacial score (nSPS) is 20.5. The molecule has 3 amide bonds. The fourth-order valence-electron chi connectivity index (χ4n) is 1.74. The molecule has 1 atom stereocenters. The summed E-state index contributed by atoms with van der Waals surface area (Å²) in [7, 11) is -3.80. The van der Waals surface area contributed by atoms with Gasteiger partial charge in [-0.15, -0.1) is 0 Å². The van der Waals surface area contributed by atoms with E-state index < -0.39 is 31.4 Å². The van der Waals surface area contributed by atoms with Gasteiger partial charge in [-0.25, -0.2) is 4.57 Å². The Kier molecular flexibility index (Phi) is 4.48. The van der Waals surface area contributed by atoms with Crippen LogP contribution in [-0.2, 0) is 18.9 Å². The second-order valence-electron chi connectivity index (χ2n) is 4.12. The van der Waals surface area contributed by atoms with Gasteiger partial charge < -0.3 is 5.73 Å². The molecule has 0 aromatic heterocycles. The number of carbonyl (C=O) groups is 3. The Hall–Kier alpha value is -1.40. The highest BCUT2D eigenvalue weighted by atomic mass is 31.2. The summed E-state index contributed by atoms with van der Waals surface area (Å²) in [6.07, 6.45) is 1.06. The summed E-state index contributed by atoms with van der Waals surface area (Å²) >= 11 is 0. The van der Waals surface area contributed by atoms with Crippen LogP contribution in [-0.4, -0.2) is 35.0 Å². The SMILES string of the molecule is CC(=O)NP(=O)(NC(C)=O)N1CCC[C@H](N)C1=O. The maximum absolute atomic E-state index is 12.5. The van der Waals surface area contributed by atoms with E-state index in [0.717, 1.165) is 18.5 Å². The van der Waals surface area contributed by atoms with Crippen LogP contribution in [0.4, 0.5) is 0 Å². The first-order chi connectivity index (χ1) is 8.26. The van der Waals surface area contributed by atoms with Crippen LogP contribution in [0.5, 0.6) is 0 Å². The standard InChI is InChI=1S/C9H17N4O4P/c1-6(14)11-18(17,12-7(2)15)13-5-3-4-8(10)9(13)16/h8H,3-5,10H2,1-2H3,(H2,11,12,14,15,17)/t8-/m0/s1. The van der Waals surface area contributed by atoms with Crippen LogP contribution in [0.15, 0.2) is 0 Å². The zero-order valence-electron chi connectivity index (χ0n) is 10.3. The van der Waals surface area contributed by atoms with Gasteiger partial charge in [-0.1, -0.05) is 0 Å². The average molecular weight is 276 g/mol. The molecule has 9 heteroatoms. The second-order valence-corrected chi connectivity index (χ2v) is 6.20. The van der Waals surface area contributed by atoms with Gasteiger partial charge in [0.25, 0.3) is 0 Å². The van der Waals surface area contributed by atoms with Gasteiger partial charge in [0.15, 0.2) is 0 Å². The highest BCUT2D eigenvalue weighted by Crippen LogP contribution is 2.42. The molecule has 102 valence electrons. The zero-order chi connectivity index (χ0) is 13.9. The van der Waals surface area contributed by atoms with E-state index in [1.54, 1.807) is 0 Å². The zero-order valence-corrected chi connectivity index (χ0v) is 11.2. The van der Waals surface area contributed by atoms with Crippen molar-refractivity contribution in [3.05, 3.63) is 0 Å². The van der Waals surface area contributed by atoms with Gasteiger partial charge >= 0.3 is 7.59 Å². The lowest BCUT2D eigenvalue weighted by Gasteiger charge is -2.36. The third-order valence-corrected chi connectivity index (χ3v) is 4.73. The third-order valence-electron chi connectivity index (χ3n) is 2.41. The van der Waals surface area contributed by atoms with Gasteiger partial charge in [-0.05, 0) is 12.8 Å². The summed E-state index contributed by atoms with van der Waals surface area (Å²) in [6.45, 7) is 2.50. The Balaban J connectivity index is 3.01. The molecule has 0 aromatic rings. The first-order valence-corrected chi connectivity index (χ1v) is 7.17. The first-order valence-electron chi connectivity index (χ1n) is 5.51. The molecule has 0 aromatic carbocycles. The van der Waals surface area contributed by atoms with Crippen LogP contribution >= 0.6 is 7.59 Å². The van der Waals surface area contributed by atoms with E-state index in [2.05, 4.69) is 10.2 Å². The summed E-state index contributed by atoms with van der Waals surface area (Å²) in [5, 5.41) is 4.28. The number of amides is 3. The van der Waals surface area contributed by atoms with Crippen molar-refractivity contribution in [3.63, 3.8) is 0 Å². The minimum absolute atomic E-state index is 0.185. The summed E-state index contributed by atoms with van der Waals surface area (Å²) in [4.78, 5) is 34.0. The van der Waals surface area contributed by atoms with E-state index in [-0.39, 0.29) is 6.54 Å². The van der Waals surface area contributed by atoms with Crippen LogP contribution in [0.25, 0.3) is 0 Å². The molecule has 0 radical (unpaired) electrons. The molecule has 1 aliphatic heterocycles. The molecule has 0 unspecified atom stereocenters. The summed E-state index contributed by atoms with van der Waals surface area (Å²) < 4.78 is 13.5. The number of nitrogens with two attached hydrogens (primary N) is 1. The number of nitrogens with zero attached hydrogens (tertiary/aromatic N) is 1. The van der Waals surface area contributed by atoms with Crippen LogP contribution in [0.1, 0.15) is 26.7 Å². The van der Waals surface area contributed by atoms with E-state index in [9.17, 15) is 18.9 Å². The fourth-order valence-corrected chi connectivity index (χ4v) is 3.74. The molecule has 1 heterocycles. The molecule has 0 aliphatic carbocycles. The summed E-state index contributed by atoms with van der Waals surface area (Å²) in [5.41, 5.74) is 5.59. The Morgan fingerprint density at radius 2 is 1.83 bits per heavy atom. The molecule has 1 aliphatic rings. The van der Waals surface area contributed by atoms with Crippen molar-refractivity contribution in [2.75, 3.05) is 6.54 Å². The predicted octanol–water partition coefficient (Wildman–Crippen LogP) is -0.684. The van der Waals surface area contributed by atoms with E-state index >= 15 is 0 Å². The molecule has 0 bridgehead atoms. The Labute approximate surface area is 105 Å². The molecule has 0 saturated carbocycles. The van der Waals surface area contributed by atoms with E-state index in [1.165, 1.54) is 0 Å². The number of hydrogen-bond acceptors (Lipinski definition) is 5. The Morgan fingerprint density at radius 3 is 2.28 bits per heavy atom. The molecule has 8 nitrogen and oxygen atoms in total. The molecular formula is C9H17N4O4P. The van der Waals surface area contributed by atoms with Crippen LogP contribution < -0.4 is 15.9 Å². The molecule has 1 rings (SSSR count). The van der Waals surface area contributed by atoms with Gasteiger partial charge in [0.2, 0.25) is 17.7 Å². The van der Waals surface area contributed by atoms with Crippen LogP contribution in [0, 0.1) is 0 Å².